The Morgan fingerprint density at radius 1 is 0.818 bits per heavy atom. The highest BCUT2D eigenvalue weighted by Crippen LogP contribution is 2.29. The second-order valence-corrected chi connectivity index (χ2v) is 9.73. The molecule has 0 N–H and O–H groups in total. The number of carbonyl (C=O) groups excluding carboxylic acids is 1. The molecule has 3 rings (SSSR count). The highest BCUT2D eigenvalue weighted by Gasteiger charge is 2.30. The largest absolute Gasteiger partial charge is 0.488 e. The molecular formula is C25H31N5O3. The lowest BCUT2D eigenvalue weighted by molar-refractivity contribution is 0.0241. The van der Waals surface area contributed by atoms with E-state index in [1.807, 2.05) is 96.1 Å². The number of benzene rings is 2. The Morgan fingerprint density at radius 3 is 1.91 bits per heavy atom. The number of amides is 1. The Bertz CT molecular complexity index is 1060. The Hall–Kier alpha value is -3.55. The van der Waals surface area contributed by atoms with Crippen molar-refractivity contribution >= 4 is 6.09 Å². The van der Waals surface area contributed by atoms with E-state index in [1.165, 1.54) is 4.90 Å². The summed E-state index contributed by atoms with van der Waals surface area (Å²) in [7, 11) is 1.65. The molecule has 8 nitrogen and oxygen atoms in total. The van der Waals surface area contributed by atoms with E-state index in [-0.39, 0.29) is 11.4 Å². The van der Waals surface area contributed by atoms with Crippen LogP contribution in [0.4, 0.5) is 4.79 Å². The van der Waals surface area contributed by atoms with Gasteiger partial charge in [0, 0.05) is 12.6 Å². The molecule has 0 saturated heterocycles. The fraction of sp³-hybridized carbons (Fsp3) is 0.400. The second kappa shape index (κ2) is 9.52. The number of hydrogen-bond donors (Lipinski definition) is 0. The van der Waals surface area contributed by atoms with Crippen LogP contribution in [0.2, 0.25) is 0 Å². The van der Waals surface area contributed by atoms with Gasteiger partial charge >= 0.3 is 6.09 Å². The molecule has 0 bridgehead atoms. The molecule has 8 heteroatoms. The van der Waals surface area contributed by atoms with Crippen molar-refractivity contribution in [2.75, 3.05) is 7.05 Å². The summed E-state index contributed by atoms with van der Waals surface area (Å²) in [5.74, 6) is 1.42. The molecule has 3 aromatic rings. The molecule has 0 fully saturated rings. The third-order valence-corrected chi connectivity index (χ3v) is 4.46. The minimum Gasteiger partial charge on any atom is -0.488 e. The van der Waals surface area contributed by atoms with Gasteiger partial charge < -0.3 is 9.47 Å². The average molecular weight is 450 g/mol. The summed E-state index contributed by atoms with van der Waals surface area (Å²) in [6, 6.07) is 16.3. The van der Waals surface area contributed by atoms with Crippen LogP contribution in [0.1, 0.15) is 59.0 Å². The van der Waals surface area contributed by atoms with Gasteiger partial charge in [-0.2, -0.15) is 0 Å². The third-order valence-electron chi connectivity index (χ3n) is 4.46. The van der Waals surface area contributed by atoms with Crippen molar-refractivity contribution in [3.63, 3.8) is 0 Å². The van der Waals surface area contributed by atoms with E-state index in [0.717, 1.165) is 16.9 Å². The number of rotatable bonds is 5. The van der Waals surface area contributed by atoms with E-state index < -0.39 is 17.7 Å². The van der Waals surface area contributed by atoms with E-state index in [9.17, 15) is 4.79 Å². The molecule has 0 radical (unpaired) electrons. The fourth-order valence-corrected chi connectivity index (χ4v) is 3.11. The van der Waals surface area contributed by atoms with Gasteiger partial charge in [-0.05, 0) is 59.2 Å². The lowest BCUT2D eigenvalue weighted by atomic mass is 10.0. The first-order valence-corrected chi connectivity index (χ1v) is 10.8. The maximum Gasteiger partial charge on any atom is 0.410 e. The van der Waals surface area contributed by atoms with Crippen molar-refractivity contribution in [1.82, 2.24) is 25.3 Å². The Kier molecular flexibility index (Phi) is 6.95. The quantitative estimate of drug-likeness (QED) is 0.537. The van der Waals surface area contributed by atoms with Crippen molar-refractivity contribution in [3.05, 3.63) is 66.0 Å². The van der Waals surface area contributed by atoms with Gasteiger partial charge in [-0.15, -0.1) is 20.4 Å². The molecule has 1 aromatic heterocycles. The van der Waals surface area contributed by atoms with Crippen LogP contribution in [0, 0.1) is 0 Å². The molecule has 0 aliphatic heterocycles. The number of nitrogens with zero attached hydrogens (tertiary/aromatic N) is 5. The molecule has 0 spiro atoms. The van der Waals surface area contributed by atoms with E-state index in [1.54, 1.807) is 7.05 Å². The highest BCUT2D eigenvalue weighted by atomic mass is 16.6. The fourth-order valence-electron chi connectivity index (χ4n) is 3.11. The molecule has 33 heavy (non-hydrogen) atoms. The lowest BCUT2D eigenvalue weighted by Crippen LogP contribution is -2.38. The summed E-state index contributed by atoms with van der Waals surface area (Å²) in [6.45, 7) is 11.4. The lowest BCUT2D eigenvalue weighted by Gasteiger charge is -2.30. The smallest absolute Gasteiger partial charge is 0.410 e. The number of carbonyl (C=O) groups is 1. The first-order chi connectivity index (χ1) is 15.4. The van der Waals surface area contributed by atoms with Gasteiger partial charge in [0.05, 0.1) is 0 Å². The summed E-state index contributed by atoms with van der Waals surface area (Å²) in [5.41, 5.74) is 0.623. The summed E-state index contributed by atoms with van der Waals surface area (Å²) in [6.07, 6.45) is -0.502. The molecule has 174 valence electrons. The van der Waals surface area contributed by atoms with Crippen LogP contribution in [0.15, 0.2) is 54.6 Å². The highest BCUT2D eigenvalue weighted by molar-refractivity contribution is 5.69. The van der Waals surface area contributed by atoms with E-state index in [4.69, 9.17) is 9.47 Å². The monoisotopic (exact) mass is 449 g/mol. The van der Waals surface area contributed by atoms with Crippen LogP contribution in [-0.2, 0) is 4.74 Å². The predicted molar refractivity (Wildman–Crippen MR) is 126 cm³/mol. The zero-order valence-electron chi connectivity index (χ0n) is 20.2. The van der Waals surface area contributed by atoms with E-state index in [2.05, 4.69) is 20.4 Å². The van der Waals surface area contributed by atoms with Crippen molar-refractivity contribution in [2.24, 2.45) is 0 Å². The normalized spacial score (nSPS) is 12.7. The molecule has 0 saturated carbocycles. The van der Waals surface area contributed by atoms with Gasteiger partial charge in [0.15, 0.2) is 0 Å². The van der Waals surface area contributed by atoms with Crippen LogP contribution in [0.25, 0.3) is 11.4 Å². The van der Waals surface area contributed by atoms with E-state index >= 15 is 0 Å². The van der Waals surface area contributed by atoms with E-state index in [0.29, 0.717) is 5.82 Å². The molecule has 0 aliphatic carbocycles. The van der Waals surface area contributed by atoms with Crippen LogP contribution in [-0.4, -0.2) is 49.6 Å². The second-order valence-electron chi connectivity index (χ2n) is 9.73. The van der Waals surface area contributed by atoms with Gasteiger partial charge in [-0.3, -0.25) is 4.90 Å². The summed E-state index contributed by atoms with van der Waals surface area (Å²) < 4.78 is 11.5. The maximum absolute atomic E-state index is 12.9. The van der Waals surface area contributed by atoms with Crippen molar-refractivity contribution in [1.29, 1.82) is 0 Å². The Balaban J connectivity index is 1.96. The van der Waals surface area contributed by atoms with Gasteiger partial charge in [0.2, 0.25) is 11.6 Å². The Morgan fingerprint density at radius 2 is 1.39 bits per heavy atom. The summed E-state index contributed by atoms with van der Waals surface area (Å²) >= 11 is 0. The zero-order chi connectivity index (χ0) is 24.2. The van der Waals surface area contributed by atoms with Crippen LogP contribution >= 0.6 is 0 Å². The molecule has 1 atom stereocenters. The van der Waals surface area contributed by atoms with Gasteiger partial charge in [0.1, 0.15) is 23.0 Å². The van der Waals surface area contributed by atoms with Crippen LogP contribution in [0.3, 0.4) is 0 Å². The third kappa shape index (κ3) is 6.71. The number of ether oxygens (including phenoxy) is 2. The minimum atomic E-state index is -0.645. The number of hydrogen-bond acceptors (Lipinski definition) is 7. The predicted octanol–water partition coefficient (Wildman–Crippen LogP) is 5.07. The molecule has 0 aliphatic rings. The topological polar surface area (TPSA) is 90.3 Å². The van der Waals surface area contributed by atoms with Crippen molar-refractivity contribution in [2.45, 2.75) is 58.8 Å². The first-order valence-electron chi connectivity index (χ1n) is 10.8. The zero-order valence-corrected chi connectivity index (χ0v) is 20.2. The standard InChI is InChI=1S/C25H31N5O3/c1-24(2,3)32-19-15-13-17(14-16-19)20(30(7)23(31)33-25(4,5)6)22-28-26-21(27-29-22)18-11-9-8-10-12-18/h8-16,20H,1-7H3. The molecular weight excluding hydrogens is 418 g/mol. The average Bonchev–Trinajstić information content (AvgIpc) is 2.74. The van der Waals surface area contributed by atoms with Crippen molar-refractivity contribution in [3.8, 4) is 17.1 Å². The Labute approximate surface area is 195 Å². The summed E-state index contributed by atoms with van der Waals surface area (Å²) in [5, 5.41) is 17.1. The SMILES string of the molecule is CN(C(=O)OC(C)(C)C)C(c1ccc(OC(C)(C)C)cc1)c1nnc(-c2ccccc2)nn1. The molecule has 1 unspecified atom stereocenters. The van der Waals surface area contributed by atoms with Crippen LogP contribution in [0.5, 0.6) is 5.75 Å². The van der Waals surface area contributed by atoms with Gasteiger partial charge in [-0.25, -0.2) is 4.79 Å². The first kappa shape index (κ1) is 24.1. The van der Waals surface area contributed by atoms with Crippen molar-refractivity contribution < 1.29 is 14.3 Å². The van der Waals surface area contributed by atoms with Gasteiger partial charge in [0.25, 0.3) is 0 Å². The van der Waals surface area contributed by atoms with Gasteiger partial charge in [-0.1, -0.05) is 42.5 Å². The molecule has 1 heterocycles. The molecule has 2 aromatic carbocycles. The van der Waals surface area contributed by atoms with Crippen LogP contribution < -0.4 is 4.74 Å². The minimum absolute atomic E-state index is 0.285. The number of aromatic nitrogens is 4. The maximum atomic E-state index is 12.9. The molecule has 1 amide bonds. The summed E-state index contributed by atoms with van der Waals surface area (Å²) in [4.78, 5) is 14.3.